The summed E-state index contributed by atoms with van der Waals surface area (Å²) in [6, 6.07) is 0.605. The molecule has 0 aliphatic carbocycles. The van der Waals surface area contributed by atoms with Crippen molar-refractivity contribution in [3.05, 3.63) is 0 Å². The van der Waals surface area contributed by atoms with Crippen LogP contribution in [0.4, 0.5) is 0 Å². The molecule has 2 saturated heterocycles. The molecule has 0 bridgehead atoms. The maximum Gasteiger partial charge on any atom is 0.236 e. The fraction of sp³-hybridized carbons (Fsp3) is 0.900. The Hall–Kier alpha value is -0.610. The first-order valence-corrected chi connectivity index (χ1v) is 5.53. The molecule has 80 valence electrons. The lowest BCUT2D eigenvalue weighted by Gasteiger charge is -2.25. The van der Waals surface area contributed by atoms with Gasteiger partial charge in [0.2, 0.25) is 5.91 Å². The molecule has 4 heteroatoms. The van der Waals surface area contributed by atoms with Gasteiger partial charge in [-0.05, 0) is 25.8 Å². The van der Waals surface area contributed by atoms with Gasteiger partial charge >= 0.3 is 0 Å². The van der Waals surface area contributed by atoms with Gasteiger partial charge in [0.1, 0.15) is 0 Å². The van der Waals surface area contributed by atoms with E-state index in [0.29, 0.717) is 6.04 Å². The Bertz CT molecular complexity index is 219. The molecule has 1 amide bonds. The van der Waals surface area contributed by atoms with Crippen LogP contribution in [-0.2, 0) is 4.79 Å². The Morgan fingerprint density at radius 2 is 2.07 bits per heavy atom. The van der Waals surface area contributed by atoms with Crippen molar-refractivity contribution in [2.45, 2.75) is 25.3 Å². The van der Waals surface area contributed by atoms with E-state index in [0.717, 1.165) is 26.1 Å². The summed E-state index contributed by atoms with van der Waals surface area (Å²) in [5.41, 5.74) is 5.39. The molecule has 2 aliphatic heterocycles. The van der Waals surface area contributed by atoms with Crippen LogP contribution in [0.25, 0.3) is 0 Å². The number of carbonyl (C=O) groups is 1. The first-order chi connectivity index (χ1) is 6.81. The zero-order valence-electron chi connectivity index (χ0n) is 8.61. The van der Waals surface area contributed by atoms with Crippen LogP contribution in [0, 0.1) is 0 Å². The summed E-state index contributed by atoms with van der Waals surface area (Å²) in [6.07, 6.45) is 3.63. The minimum absolute atomic E-state index is 0.110. The highest BCUT2D eigenvalue weighted by atomic mass is 16.2. The highest BCUT2D eigenvalue weighted by Crippen LogP contribution is 2.21. The lowest BCUT2D eigenvalue weighted by Crippen LogP contribution is -2.42. The smallest absolute Gasteiger partial charge is 0.236 e. The van der Waals surface area contributed by atoms with Crippen molar-refractivity contribution in [1.82, 2.24) is 9.80 Å². The maximum atomic E-state index is 11.5. The topological polar surface area (TPSA) is 49.6 Å². The van der Waals surface area contributed by atoms with E-state index in [-0.39, 0.29) is 12.5 Å². The highest BCUT2D eigenvalue weighted by Gasteiger charge is 2.29. The summed E-state index contributed by atoms with van der Waals surface area (Å²) in [4.78, 5) is 15.9. The molecule has 1 unspecified atom stereocenters. The summed E-state index contributed by atoms with van der Waals surface area (Å²) in [6.45, 7) is 4.32. The van der Waals surface area contributed by atoms with E-state index >= 15 is 0 Å². The molecule has 0 aromatic carbocycles. The number of hydrogen-bond donors (Lipinski definition) is 1. The summed E-state index contributed by atoms with van der Waals surface area (Å²) in [5, 5.41) is 0. The summed E-state index contributed by atoms with van der Waals surface area (Å²) < 4.78 is 0. The molecular formula is C10H19N3O. The number of nitrogens with two attached hydrogens (primary N) is 1. The molecule has 4 nitrogen and oxygen atoms in total. The van der Waals surface area contributed by atoms with Crippen molar-refractivity contribution >= 4 is 5.91 Å². The van der Waals surface area contributed by atoms with Crippen LogP contribution in [0.2, 0.25) is 0 Å². The Morgan fingerprint density at radius 1 is 1.29 bits per heavy atom. The van der Waals surface area contributed by atoms with Gasteiger partial charge < -0.3 is 10.6 Å². The van der Waals surface area contributed by atoms with Crippen LogP contribution in [0.1, 0.15) is 19.3 Å². The third-order valence-electron chi connectivity index (χ3n) is 3.33. The van der Waals surface area contributed by atoms with Crippen molar-refractivity contribution in [1.29, 1.82) is 0 Å². The van der Waals surface area contributed by atoms with Crippen LogP contribution in [0.5, 0.6) is 0 Å². The first-order valence-electron chi connectivity index (χ1n) is 5.53. The van der Waals surface area contributed by atoms with Gasteiger partial charge in [0.15, 0.2) is 0 Å². The van der Waals surface area contributed by atoms with Crippen LogP contribution in [0.3, 0.4) is 0 Å². The molecule has 0 aromatic rings. The third kappa shape index (κ3) is 1.91. The number of carbonyl (C=O) groups excluding carboxylic acids is 1. The molecule has 2 N–H and O–H groups in total. The van der Waals surface area contributed by atoms with Gasteiger partial charge in [0, 0.05) is 25.7 Å². The quantitative estimate of drug-likeness (QED) is 0.624. The van der Waals surface area contributed by atoms with Gasteiger partial charge in [0.25, 0.3) is 0 Å². The van der Waals surface area contributed by atoms with Crippen LogP contribution in [0.15, 0.2) is 0 Å². The van der Waals surface area contributed by atoms with Crippen molar-refractivity contribution in [2.75, 3.05) is 32.7 Å². The second kappa shape index (κ2) is 4.28. The van der Waals surface area contributed by atoms with E-state index < -0.39 is 0 Å². The molecule has 14 heavy (non-hydrogen) atoms. The third-order valence-corrected chi connectivity index (χ3v) is 3.33. The van der Waals surface area contributed by atoms with Gasteiger partial charge in [-0.25, -0.2) is 0 Å². The molecular weight excluding hydrogens is 178 g/mol. The Labute approximate surface area is 85.0 Å². The van der Waals surface area contributed by atoms with E-state index in [9.17, 15) is 4.79 Å². The maximum absolute atomic E-state index is 11.5. The van der Waals surface area contributed by atoms with Crippen molar-refractivity contribution in [3.8, 4) is 0 Å². The van der Waals surface area contributed by atoms with Gasteiger partial charge in [-0.2, -0.15) is 0 Å². The molecule has 0 radical (unpaired) electrons. The summed E-state index contributed by atoms with van der Waals surface area (Å²) >= 11 is 0. The van der Waals surface area contributed by atoms with Gasteiger partial charge in [-0.15, -0.1) is 0 Å². The highest BCUT2D eigenvalue weighted by molar-refractivity contribution is 5.78. The number of amides is 1. The van der Waals surface area contributed by atoms with Crippen molar-refractivity contribution < 1.29 is 4.79 Å². The molecule has 2 rings (SSSR count). The molecule has 0 spiro atoms. The van der Waals surface area contributed by atoms with Crippen LogP contribution >= 0.6 is 0 Å². The number of fused-ring (bicyclic) bond motifs is 1. The second-order valence-electron chi connectivity index (χ2n) is 4.23. The molecule has 2 fully saturated rings. The zero-order chi connectivity index (χ0) is 9.97. The van der Waals surface area contributed by atoms with Gasteiger partial charge in [-0.3, -0.25) is 9.69 Å². The number of hydrogen-bond acceptors (Lipinski definition) is 3. The molecule has 1 atom stereocenters. The second-order valence-corrected chi connectivity index (χ2v) is 4.23. The van der Waals surface area contributed by atoms with Gasteiger partial charge in [0.05, 0.1) is 6.54 Å². The molecule has 0 saturated carbocycles. The average molecular weight is 197 g/mol. The minimum atomic E-state index is 0.110. The van der Waals surface area contributed by atoms with Crippen molar-refractivity contribution in [3.63, 3.8) is 0 Å². The minimum Gasteiger partial charge on any atom is -0.340 e. The predicted molar refractivity (Wildman–Crippen MR) is 54.8 cm³/mol. The fourth-order valence-corrected chi connectivity index (χ4v) is 2.56. The standard InChI is InChI=1S/C10H19N3O/c11-7-10(14)13-6-2-5-12-4-1-3-9(12)8-13/h9H,1-8,11H2. The van der Waals surface area contributed by atoms with E-state index in [1.807, 2.05) is 4.90 Å². The first kappa shape index (κ1) is 9.93. The van der Waals surface area contributed by atoms with E-state index in [2.05, 4.69) is 4.90 Å². The van der Waals surface area contributed by atoms with E-state index in [4.69, 9.17) is 5.73 Å². The van der Waals surface area contributed by atoms with Crippen LogP contribution in [-0.4, -0.2) is 54.5 Å². The lowest BCUT2D eigenvalue weighted by molar-refractivity contribution is -0.129. The van der Waals surface area contributed by atoms with Crippen molar-refractivity contribution in [2.24, 2.45) is 5.73 Å². The SMILES string of the molecule is NCC(=O)N1CCCN2CCCC2C1. The summed E-state index contributed by atoms with van der Waals surface area (Å²) in [7, 11) is 0. The summed E-state index contributed by atoms with van der Waals surface area (Å²) in [5.74, 6) is 0.110. The Balaban J connectivity index is 1.98. The molecule has 2 aliphatic rings. The molecule has 2 heterocycles. The van der Waals surface area contributed by atoms with E-state index in [1.165, 1.54) is 19.4 Å². The Kier molecular flexibility index (Phi) is 3.03. The average Bonchev–Trinajstić information content (AvgIpc) is 2.54. The fourth-order valence-electron chi connectivity index (χ4n) is 2.56. The zero-order valence-corrected chi connectivity index (χ0v) is 8.61. The lowest BCUT2D eigenvalue weighted by atomic mass is 10.2. The monoisotopic (exact) mass is 197 g/mol. The number of nitrogens with zero attached hydrogens (tertiary/aromatic N) is 2. The normalized spacial score (nSPS) is 28.6. The van der Waals surface area contributed by atoms with E-state index in [1.54, 1.807) is 0 Å². The largest absolute Gasteiger partial charge is 0.340 e. The Morgan fingerprint density at radius 3 is 2.86 bits per heavy atom. The van der Waals surface area contributed by atoms with Gasteiger partial charge in [-0.1, -0.05) is 0 Å². The number of rotatable bonds is 1. The predicted octanol–water partition coefficient (Wildman–Crippen LogP) is -0.358. The van der Waals surface area contributed by atoms with Crippen LogP contribution < -0.4 is 5.73 Å². The molecule has 0 aromatic heterocycles.